The molecule has 0 saturated heterocycles. The molecular weight excluding hydrogens is 122 g/mol. The van der Waals surface area contributed by atoms with E-state index in [2.05, 4.69) is 13.0 Å². The Labute approximate surface area is 62.9 Å². The molecule has 0 aromatic heterocycles. The molecule has 0 unspecified atom stereocenters. The molecule has 0 spiro atoms. The average Bonchev–Trinajstić information content (AvgIpc) is 1.99. The average molecular weight is 137 g/mol. The van der Waals surface area contributed by atoms with E-state index in [1.807, 2.05) is 26.0 Å². The van der Waals surface area contributed by atoms with Crippen LogP contribution in [0.5, 0.6) is 0 Å². The molecule has 1 nitrogen and oxygen atoms in total. The first-order chi connectivity index (χ1) is 4.76. The van der Waals surface area contributed by atoms with Gasteiger partial charge in [0.25, 0.3) is 0 Å². The lowest BCUT2D eigenvalue weighted by atomic mass is 10.1. The van der Waals surface area contributed by atoms with E-state index < -0.39 is 0 Å². The third-order valence-electron chi connectivity index (χ3n) is 1.48. The molecule has 0 aliphatic rings. The standard InChI is InChI=1S/C9H15N/c1-4-8(3)9(5-2)6-7-10/h4-7H,10H2,1-3H3/b7-6-,8-4-,9-5?. The van der Waals surface area contributed by atoms with E-state index in [1.165, 1.54) is 11.1 Å². The molecule has 0 aromatic carbocycles. The van der Waals surface area contributed by atoms with Crippen LogP contribution in [0.3, 0.4) is 0 Å². The third-order valence-corrected chi connectivity index (χ3v) is 1.48. The summed E-state index contributed by atoms with van der Waals surface area (Å²) in [6, 6.07) is 0. The van der Waals surface area contributed by atoms with Crippen molar-refractivity contribution in [3.63, 3.8) is 0 Å². The topological polar surface area (TPSA) is 26.0 Å². The molecule has 10 heavy (non-hydrogen) atoms. The van der Waals surface area contributed by atoms with Gasteiger partial charge in [0.15, 0.2) is 0 Å². The van der Waals surface area contributed by atoms with Gasteiger partial charge in [0, 0.05) is 0 Å². The monoisotopic (exact) mass is 137 g/mol. The van der Waals surface area contributed by atoms with Gasteiger partial charge in [0.1, 0.15) is 0 Å². The lowest BCUT2D eigenvalue weighted by molar-refractivity contribution is 1.37. The van der Waals surface area contributed by atoms with Crippen molar-refractivity contribution in [2.24, 2.45) is 5.73 Å². The summed E-state index contributed by atoms with van der Waals surface area (Å²) >= 11 is 0. The van der Waals surface area contributed by atoms with E-state index >= 15 is 0 Å². The Morgan fingerprint density at radius 1 is 1.20 bits per heavy atom. The van der Waals surface area contributed by atoms with Crippen LogP contribution in [0.15, 0.2) is 35.6 Å². The SMILES string of the molecule is CC=C(/C=C\N)/C(C)=C\C. The highest BCUT2D eigenvalue weighted by Crippen LogP contribution is 2.08. The maximum absolute atomic E-state index is 5.25. The largest absolute Gasteiger partial charge is 0.405 e. The van der Waals surface area contributed by atoms with Crippen molar-refractivity contribution in [3.05, 3.63) is 35.6 Å². The number of rotatable bonds is 2. The number of nitrogens with two attached hydrogens (primary N) is 1. The molecule has 0 bridgehead atoms. The maximum atomic E-state index is 5.25. The van der Waals surface area contributed by atoms with Crippen LogP contribution in [-0.4, -0.2) is 0 Å². The van der Waals surface area contributed by atoms with Gasteiger partial charge in [0.2, 0.25) is 0 Å². The highest BCUT2D eigenvalue weighted by molar-refractivity contribution is 5.37. The van der Waals surface area contributed by atoms with Crippen molar-refractivity contribution in [3.8, 4) is 0 Å². The van der Waals surface area contributed by atoms with Crippen molar-refractivity contribution >= 4 is 0 Å². The van der Waals surface area contributed by atoms with Crippen LogP contribution in [0, 0.1) is 0 Å². The van der Waals surface area contributed by atoms with Crippen LogP contribution < -0.4 is 5.73 Å². The first-order valence-corrected chi connectivity index (χ1v) is 3.44. The van der Waals surface area contributed by atoms with Gasteiger partial charge in [-0.05, 0) is 44.2 Å². The molecule has 0 saturated carbocycles. The second-order valence-electron chi connectivity index (χ2n) is 2.07. The molecule has 0 atom stereocenters. The Kier molecular flexibility index (Phi) is 4.38. The minimum atomic E-state index is 1.19. The van der Waals surface area contributed by atoms with Gasteiger partial charge in [-0.2, -0.15) is 0 Å². The van der Waals surface area contributed by atoms with Crippen LogP contribution in [0.2, 0.25) is 0 Å². The Bertz CT molecular complexity index is 173. The summed E-state index contributed by atoms with van der Waals surface area (Å²) in [5, 5.41) is 0. The summed E-state index contributed by atoms with van der Waals surface area (Å²) in [5.74, 6) is 0. The van der Waals surface area contributed by atoms with Crippen LogP contribution in [0.4, 0.5) is 0 Å². The highest BCUT2D eigenvalue weighted by Gasteiger charge is 1.89. The molecule has 0 amide bonds. The molecule has 1 heteroatoms. The lowest BCUT2D eigenvalue weighted by Gasteiger charge is -1.98. The van der Waals surface area contributed by atoms with Crippen LogP contribution in [0.25, 0.3) is 0 Å². The molecule has 0 rings (SSSR count). The molecule has 0 aliphatic carbocycles. The maximum Gasteiger partial charge on any atom is -0.00564 e. The predicted octanol–water partition coefficient (Wildman–Crippen LogP) is 2.37. The van der Waals surface area contributed by atoms with Crippen LogP contribution in [-0.2, 0) is 0 Å². The summed E-state index contributed by atoms with van der Waals surface area (Å²) in [4.78, 5) is 0. The van der Waals surface area contributed by atoms with E-state index in [1.54, 1.807) is 6.20 Å². The van der Waals surface area contributed by atoms with E-state index in [0.717, 1.165) is 0 Å². The van der Waals surface area contributed by atoms with E-state index in [9.17, 15) is 0 Å². The quantitative estimate of drug-likeness (QED) is 0.581. The van der Waals surface area contributed by atoms with Gasteiger partial charge >= 0.3 is 0 Å². The van der Waals surface area contributed by atoms with Gasteiger partial charge in [0.05, 0.1) is 0 Å². The van der Waals surface area contributed by atoms with Gasteiger partial charge in [-0.25, -0.2) is 0 Å². The summed E-state index contributed by atoms with van der Waals surface area (Å²) in [6.07, 6.45) is 7.56. The van der Waals surface area contributed by atoms with Crippen molar-refractivity contribution < 1.29 is 0 Å². The first kappa shape index (κ1) is 9.02. The van der Waals surface area contributed by atoms with E-state index in [4.69, 9.17) is 5.73 Å². The minimum Gasteiger partial charge on any atom is -0.405 e. The van der Waals surface area contributed by atoms with Crippen LogP contribution >= 0.6 is 0 Å². The number of hydrogen-bond donors (Lipinski definition) is 1. The number of hydrogen-bond acceptors (Lipinski definition) is 1. The highest BCUT2D eigenvalue weighted by atomic mass is 14.5. The van der Waals surface area contributed by atoms with Crippen molar-refractivity contribution in [2.45, 2.75) is 20.8 Å². The zero-order valence-corrected chi connectivity index (χ0v) is 6.89. The van der Waals surface area contributed by atoms with Crippen molar-refractivity contribution in [1.82, 2.24) is 0 Å². The molecule has 0 heterocycles. The zero-order valence-electron chi connectivity index (χ0n) is 6.89. The smallest absolute Gasteiger partial charge is 0.00564 e. The van der Waals surface area contributed by atoms with Gasteiger partial charge in [-0.3, -0.25) is 0 Å². The predicted molar refractivity (Wildman–Crippen MR) is 46.5 cm³/mol. The van der Waals surface area contributed by atoms with Gasteiger partial charge < -0.3 is 5.73 Å². The van der Waals surface area contributed by atoms with E-state index in [-0.39, 0.29) is 0 Å². The summed E-state index contributed by atoms with van der Waals surface area (Å²) in [5.41, 5.74) is 7.69. The Hall–Kier alpha value is -0.980. The normalized spacial score (nSPS) is 14.7. The van der Waals surface area contributed by atoms with Crippen LogP contribution in [0.1, 0.15) is 20.8 Å². The Morgan fingerprint density at radius 3 is 2.10 bits per heavy atom. The molecule has 0 aliphatic heterocycles. The molecule has 2 N–H and O–H groups in total. The molecule has 0 fully saturated rings. The third kappa shape index (κ3) is 2.53. The molecular formula is C9H15N. The summed E-state index contributed by atoms with van der Waals surface area (Å²) in [6.45, 7) is 6.08. The second kappa shape index (κ2) is 4.86. The summed E-state index contributed by atoms with van der Waals surface area (Å²) in [7, 11) is 0. The number of allylic oxidation sites excluding steroid dienone is 5. The summed E-state index contributed by atoms with van der Waals surface area (Å²) < 4.78 is 0. The fourth-order valence-electron chi connectivity index (χ4n) is 0.726. The zero-order chi connectivity index (χ0) is 7.98. The van der Waals surface area contributed by atoms with Gasteiger partial charge in [-0.15, -0.1) is 0 Å². The molecule has 56 valence electrons. The Balaban J connectivity index is 4.39. The lowest BCUT2D eigenvalue weighted by Crippen LogP contribution is -1.83. The fraction of sp³-hybridized carbons (Fsp3) is 0.333. The minimum absolute atomic E-state index is 1.19. The molecule has 0 radical (unpaired) electrons. The van der Waals surface area contributed by atoms with Crippen molar-refractivity contribution in [2.75, 3.05) is 0 Å². The van der Waals surface area contributed by atoms with E-state index in [0.29, 0.717) is 0 Å². The first-order valence-electron chi connectivity index (χ1n) is 3.44. The molecule has 0 aromatic rings. The Morgan fingerprint density at radius 2 is 1.80 bits per heavy atom. The fourth-order valence-corrected chi connectivity index (χ4v) is 0.726. The second-order valence-corrected chi connectivity index (χ2v) is 2.07. The van der Waals surface area contributed by atoms with Crippen molar-refractivity contribution in [1.29, 1.82) is 0 Å². The van der Waals surface area contributed by atoms with Gasteiger partial charge in [-0.1, -0.05) is 12.2 Å².